The molecular formula is C23H18N4O5. The highest BCUT2D eigenvalue weighted by atomic mass is 16.6. The van der Waals surface area contributed by atoms with E-state index in [2.05, 4.69) is 15.5 Å². The van der Waals surface area contributed by atoms with E-state index in [1.54, 1.807) is 31.2 Å². The van der Waals surface area contributed by atoms with Gasteiger partial charge in [-0.3, -0.25) is 14.9 Å². The molecule has 0 saturated carbocycles. The molecular weight excluding hydrogens is 412 g/mol. The topological polar surface area (TPSA) is 120 Å². The number of hydrogen-bond donors (Lipinski definition) is 1. The van der Waals surface area contributed by atoms with E-state index in [9.17, 15) is 14.9 Å². The molecule has 0 atom stereocenters. The first-order valence-corrected chi connectivity index (χ1v) is 9.61. The van der Waals surface area contributed by atoms with Gasteiger partial charge in [0.2, 0.25) is 5.88 Å². The van der Waals surface area contributed by atoms with Crippen molar-refractivity contribution in [3.05, 3.63) is 88.2 Å². The summed E-state index contributed by atoms with van der Waals surface area (Å²) in [6.45, 7) is 1.66. The number of benzene rings is 2. The van der Waals surface area contributed by atoms with Crippen LogP contribution in [-0.4, -0.2) is 28.1 Å². The summed E-state index contributed by atoms with van der Waals surface area (Å²) in [5.74, 6) is 0.116. The normalized spacial score (nSPS) is 10.6. The third-order valence-corrected chi connectivity index (χ3v) is 4.79. The van der Waals surface area contributed by atoms with Crippen LogP contribution in [0.5, 0.6) is 5.88 Å². The number of aryl methyl sites for hydroxylation is 1. The Morgan fingerprint density at radius 1 is 1.06 bits per heavy atom. The van der Waals surface area contributed by atoms with E-state index in [0.717, 1.165) is 5.56 Å². The van der Waals surface area contributed by atoms with E-state index in [1.165, 1.54) is 19.2 Å². The Morgan fingerprint density at radius 2 is 1.81 bits per heavy atom. The second-order valence-electron chi connectivity index (χ2n) is 6.84. The maximum Gasteiger partial charge on any atom is 0.270 e. The summed E-state index contributed by atoms with van der Waals surface area (Å²) >= 11 is 0. The van der Waals surface area contributed by atoms with E-state index in [-0.39, 0.29) is 11.6 Å². The van der Waals surface area contributed by atoms with Crippen LogP contribution in [0.3, 0.4) is 0 Å². The monoisotopic (exact) mass is 430 g/mol. The van der Waals surface area contributed by atoms with Crippen molar-refractivity contribution < 1.29 is 19.0 Å². The molecule has 9 nitrogen and oxygen atoms in total. The number of nitro groups is 1. The smallest absolute Gasteiger partial charge is 0.270 e. The highest BCUT2D eigenvalue weighted by molar-refractivity contribution is 6.09. The van der Waals surface area contributed by atoms with Crippen LogP contribution in [0.15, 0.2) is 71.3 Å². The number of non-ortho nitro benzene ring substituents is 1. The van der Waals surface area contributed by atoms with Crippen molar-refractivity contribution in [2.75, 3.05) is 12.4 Å². The molecule has 0 aliphatic rings. The number of carbonyl (C=O) groups is 1. The van der Waals surface area contributed by atoms with E-state index in [1.807, 2.05) is 30.3 Å². The fourth-order valence-corrected chi connectivity index (χ4v) is 3.25. The Hall–Kier alpha value is -4.53. The summed E-state index contributed by atoms with van der Waals surface area (Å²) in [6, 6.07) is 18.6. The molecule has 0 saturated heterocycles. The van der Waals surface area contributed by atoms with E-state index >= 15 is 0 Å². The molecule has 0 aliphatic carbocycles. The molecule has 0 spiro atoms. The number of hydrogen-bond acceptors (Lipinski definition) is 7. The summed E-state index contributed by atoms with van der Waals surface area (Å²) in [5, 5.41) is 17.9. The Labute approximate surface area is 182 Å². The number of aromatic nitrogens is 2. The number of methoxy groups -OCH3 is 1. The molecule has 4 rings (SSSR count). The molecule has 0 unspecified atom stereocenters. The van der Waals surface area contributed by atoms with Gasteiger partial charge in [0.1, 0.15) is 22.7 Å². The van der Waals surface area contributed by atoms with Crippen molar-refractivity contribution in [3.8, 4) is 28.4 Å². The zero-order chi connectivity index (χ0) is 22.7. The Morgan fingerprint density at radius 3 is 2.53 bits per heavy atom. The molecule has 1 N–H and O–H groups in total. The van der Waals surface area contributed by atoms with Crippen molar-refractivity contribution in [3.63, 3.8) is 0 Å². The van der Waals surface area contributed by atoms with Gasteiger partial charge in [-0.1, -0.05) is 47.6 Å². The number of carbonyl (C=O) groups excluding carboxylic acids is 1. The number of nitro benzene ring substituents is 1. The van der Waals surface area contributed by atoms with Gasteiger partial charge in [0.15, 0.2) is 0 Å². The van der Waals surface area contributed by atoms with Crippen LogP contribution >= 0.6 is 0 Å². The number of rotatable bonds is 6. The van der Waals surface area contributed by atoms with Gasteiger partial charge >= 0.3 is 0 Å². The molecule has 2 heterocycles. The summed E-state index contributed by atoms with van der Waals surface area (Å²) in [7, 11) is 1.43. The van der Waals surface area contributed by atoms with Gasteiger partial charge in [-0.15, -0.1) is 0 Å². The number of pyridine rings is 1. The predicted molar refractivity (Wildman–Crippen MR) is 118 cm³/mol. The molecule has 4 aromatic rings. The number of ether oxygens (including phenoxy) is 1. The van der Waals surface area contributed by atoms with Gasteiger partial charge in [0, 0.05) is 23.3 Å². The molecule has 0 bridgehead atoms. The number of nitrogens with one attached hydrogen (secondary N) is 1. The molecule has 0 radical (unpaired) electrons. The number of anilines is 1. The Balaban J connectivity index is 1.65. The van der Waals surface area contributed by atoms with Gasteiger partial charge in [-0.2, -0.15) is 0 Å². The SMILES string of the molecule is COc1nc(-c2cccc([N+](=O)[O-])c2)ccc1NC(=O)c1c(-c2ccccc2)noc1C. The minimum absolute atomic E-state index is 0.0444. The van der Waals surface area contributed by atoms with E-state index in [0.29, 0.717) is 34.0 Å². The maximum absolute atomic E-state index is 13.1. The third-order valence-electron chi connectivity index (χ3n) is 4.79. The van der Waals surface area contributed by atoms with Gasteiger partial charge < -0.3 is 14.6 Å². The fourth-order valence-electron chi connectivity index (χ4n) is 3.25. The summed E-state index contributed by atoms with van der Waals surface area (Å²) in [5.41, 5.74) is 2.80. The minimum atomic E-state index is -0.471. The number of nitrogens with zero attached hydrogens (tertiary/aromatic N) is 3. The zero-order valence-electron chi connectivity index (χ0n) is 17.2. The maximum atomic E-state index is 13.1. The summed E-state index contributed by atoms with van der Waals surface area (Å²) < 4.78 is 10.6. The van der Waals surface area contributed by atoms with Gasteiger partial charge in [-0.05, 0) is 19.1 Å². The third kappa shape index (κ3) is 4.04. The van der Waals surface area contributed by atoms with E-state index in [4.69, 9.17) is 9.26 Å². The molecule has 2 aromatic carbocycles. The van der Waals surface area contributed by atoms with Gasteiger partial charge in [0.05, 0.1) is 17.7 Å². The number of amides is 1. The Bertz CT molecular complexity index is 1300. The minimum Gasteiger partial charge on any atom is -0.479 e. The van der Waals surface area contributed by atoms with Gasteiger partial charge in [-0.25, -0.2) is 4.98 Å². The van der Waals surface area contributed by atoms with Crippen LogP contribution < -0.4 is 10.1 Å². The molecule has 9 heteroatoms. The molecule has 0 aliphatic heterocycles. The first kappa shape index (κ1) is 20.7. The average molecular weight is 430 g/mol. The average Bonchev–Trinajstić information content (AvgIpc) is 3.21. The van der Waals surface area contributed by atoms with Crippen molar-refractivity contribution in [2.45, 2.75) is 6.92 Å². The molecule has 2 aromatic heterocycles. The summed E-state index contributed by atoms with van der Waals surface area (Å²) in [4.78, 5) is 28.0. The first-order chi connectivity index (χ1) is 15.5. The highest BCUT2D eigenvalue weighted by Gasteiger charge is 2.23. The second-order valence-corrected chi connectivity index (χ2v) is 6.84. The lowest BCUT2D eigenvalue weighted by atomic mass is 10.1. The lowest BCUT2D eigenvalue weighted by molar-refractivity contribution is -0.384. The van der Waals surface area contributed by atoms with Crippen molar-refractivity contribution in [1.29, 1.82) is 0 Å². The fraction of sp³-hybridized carbons (Fsp3) is 0.0870. The lowest BCUT2D eigenvalue weighted by Crippen LogP contribution is -2.14. The lowest BCUT2D eigenvalue weighted by Gasteiger charge is -2.11. The van der Waals surface area contributed by atoms with Crippen LogP contribution in [0.1, 0.15) is 16.1 Å². The Kier molecular flexibility index (Phi) is 5.63. The van der Waals surface area contributed by atoms with Crippen LogP contribution in [-0.2, 0) is 0 Å². The van der Waals surface area contributed by atoms with Crippen LogP contribution in [0.4, 0.5) is 11.4 Å². The highest BCUT2D eigenvalue weighted by Crippen LogP contribution is 2.31. The molecule has 1 amide bonds. The zero-order valence-corrected chi connectivity index (χ0v) is 17.2. The van der Waals surface area contributed by atoms with Crippen molar-refractivity contribution >= 4 is 17.3 Å². The largest absolute Gasteiger partial charge is 0.479 e. The van der Waals surface area contributed by atoms with Crippen LogP contribution in [0.25, 0.3) is 22.5 Å². The first-order valence-electron chi connectivity index (χ1n) is 9.61. The van der Waals surface area contributed by atoms with Crippen LogP contribution in [0.2, 0.25) is 0 Å². The van der Waals surface area contributed by atoms with Crippen molar-refractivity contribution in [1.82, 2.24) is 10.1 Å². The molecule has 160 valence electrons. The molecule has 32 heavy (non-hydrogen) atoms. The standard InChI is InChI=1S/C23H18N4O5/c1-14-20(21(26-32-14)15-7-4-3-5-8-15)22(28)24-19-12-11-18(25-23(19)31-2)16-9-6-10-17(13-16)27(29)30/h3-13H,1-2H3,(H,24,28). The molecule has 0 fully saturated rings. The van der Waals surface area contributed by atoms with E-state index < -0.39 is 10.8 Å². The summed E-state index contributed by atoms with van der Waals surface area (Å²) in [6.07, 6.45) is 0. The van der Waals surface area contributed by atoms with Crippen molar-refractivity contribution in [2.24, 2.45) is 0 Å². The quantitative estimate of drug-likeness (QED) is 0.342. The second kappa shape index (κ2) is 8.68. The van der Waals surface area contributed by atoms with Crippen LogP contribution in [0, 0.1) is 17.0 Å². The van der Waals surface area contributed by atoms with Gasteiger partial charge in [0.25, 0.3) is 11.6 Å². The predicted octanol–water partition coefficient (Wildman–Crippen LogP) is 4.88.